The first-order valence-corrected chi connectivity index (χ1v) is 12.1. The van der Waals surface area contributed by atoms with Gasteiger partial charge in [-0.1, -0.05) is 12.1 Å². The third-order valence-corrected chi connectivity index (χ3v) is 5.12. The van der Waals surface area contributed by atoms with Crippen LogP contribution in [-0.4, -0.2) is 55.1 Å². The van der Waals surface area contributed by atoms with Crippen molar-refractivity contribution in [3.8, 4) is 0 Å². The van der Waals surface area contributed by atoms with Gasteiger partial charge in [0.1, 0.15) is 17.5 Å². The first-order chi connectivity index (χ1) is 14.8. The Labute approximate surface area is 184 Å². The molecule has 0 bridgehead atoms. The van der Waals surface area contributed by atoms with Crippen LogP contribution in [0.1, 0.15) is 12.5 Å². The highest BCUT2D eigenvalue weighted by Gasteiger charge is 2.11. The van der Waals surface area contributed by atoms with E-state index in [-0.39, 0.29) is 18.2 Å². The van der Waals surface area contributed by atoms with Gasteiger partial charge >= 0.3 is 6.09 Å². The first kappa shape index (κ1) is 27.0. The second kappa shape index (κ2) is 12.1. The molecule has 178 valence electrons. The van der Waals surface area contributed by atoms with Crippen molar-refractivity contribution in [3.63, 3.8) is 0 Å². The zero-order chi connectivity index (χ0) is 24.4. The van der Waals surface area contributed by atoms with Crippen molar-refractivity contribution in [2.75, 3.05) is 34.5 Å². The highest BCUT2D eigenvalue weighted by Crippen LogP contribution is 2.19. The number of anilines is 3. The average Bonchev–Trinajstić information content (AvgIpc) is 2.68. The fourth-order valence-electron chi connectivity index (χ4n) is 1.96. The molecule has 1 amide bonds. The maximum Gasteiger partial charge on any atom is 0.411 e. The number of aromatic nitrogens is 1. The van der Waals surface area contributed by atoms with Crippen LogP contribution in [0.25, 0.3) is 0 Å². The van der Waals surface area contributed by atoms with Crippen molar-refractivity contribution in [1.82, 2.24) is 4.98 Å². The molecule has 0 aliphatic carbocycles. The molecule has 0 atom stereocenters. The minimum atomic E-state index is -4.30. The summed E-state index contributed by atoms with van der Waals surface area (Å²) in [5.74, 6) is -1.51. The molecule has 2 rings (SSSR count). The van der Waals surface area contributed by atoms with Crippen LogP contribution in [0.2, 0.25) is 0 Å². The molecule has 6 N–H and O–H groups in total. The Morgan fingerprint density at radius 1 is 1.06 bits per heavy atom. The number of ether oxygens (including phenoxy) is 1. The molecule has 0 saturated carbocycles. The molecule has 15 heteroatoms. The predicted octanol–water partition coefficient (Wildman–Crippen LogP) is 1.75. The maximum absolute atomic E-state index is 12.8. The van der Waals surface area contributed by atoms with Gasteiger partial charge in [0.15, 0.2) is 0 Å². The molecular weight excluding hydrogens is 471 g/mol. The van der Waals surface area contributed by atoms with Gasteiger partial charge in [0.2, 0.25) is 0 Å². The van der Waals surface area contributed by atoms with Gasteiger partial charge in [0, 0.05) is 6.54 Å². The highest BCUT2D eigenvalue weighted by atomic mass is 32.2. The van der Waals surface area contributed by atoms with E-state index in [0.717, 1.165) is 5.56 Å². The van der Waals surface area contributed by atoms with Gasteiger partial charge in [-0.15, -0.1) is 0 Å². The van der Waals surface area contributed by atoms with Crippen molar-refractivity contribution < 1.29 is 39.9 Å². The van der Waals surface area contributed by atoms with Crippen LogP contribution in [0, 0.1) is 5.82 Å². The van der Waals surface area contributed by atoms with Gasteiger partial charge in [-0.2, -0.15) is 16.8 Å². The van der Waals surface area contributed by atoms with Crippen molar-refractivity contribution in [2.24, 2.45) is 0 Å². The van der Waals surface area contributed by atoms with Crippen LogP contribution in [-0.2, 0) is 31.5 Å². The van der Waals surface area contributed by atoms with Gasteiger partial charge in [-0.25, -0.2) is 14.2 Å². The van der Waals surface area contributed by atoms with E-state index in [1.54, 1.807) is 31.2 Å². The average molecular weight is 495 g/mol. The van der Waals surface area contributed by atoms with Gasteiger partial charge in [0.05, 0.1) is 23.8 Å². The summed E-state index contributed by atoms with van der Waals surface area (Å²) in [6.45, 7) is 2.47. The summed E-state index contributed by atoms with van der Waals surface area (Å²) in [4.78, 5) is 15.5. The SMILES string of the molecule is CCOC(=O)Nc1ccc(NCc2ccc(F)cc2)nc1N.O=S(=O)(O)CCS(=O)(=O)O. The Hall–Kier alpha value is -3.01. The lowest BCUT2D eigenvalue weighted by molar-refractivity contribution is 0.168. The number of hydrogen-bond acceptors (Lipinski definition) is 9. The van der Waals surface area contributed by atoms with Gasteiger partial charge < -0.3 is 15.8 Å². The van der Waals surface area contributed by atoms with E-state index in [2.05, 4.69) is 15.6 Å². The Bertz CT molecular complexity index is 1080. The molecule has 1 aromatic carbocycles. The van der Waals surface area contributed by atoms with Crippen LogP contribution >= 0.6 is 0 Å². The number of carbonyl (C=O) groups excluding carboxylic acids is 1. The van der Waals surface area contributed by atoms with Crippen molar-refractivity contribution in [1.29, 1.82) is 0 Å². The summed E-state index contributed by atoms with van der Waals surface area (Å²) >= 11 is 0. The van der Waals surface area contributed by atoms with Crippen LogP contribution in [0.3, 0.4) is 0 Å². The number of rotatable bonds is 8. The number of benzene rings is 1. The second-order valence-corrected chi connectivity index (χ2v) is 9.17. The molecular formula is C17H23FN4O8S2. The Morgan fingerprint density at radius 3 is 2.09 bits per heavy atom. The molecule has 0 fully saturated rings. The summed E-state index contributed by atoms with van der Waals surface area (Å²) in [5, 5.41) is 5.57. The summed E-state index contributed by atoms with van der Waals surface area (Å²) in [6.07, 6.45) is -0.581. The number of hydrogen-bond donors (Lipinski definition) is 5. The molecule has 1 aromatic heterocycles. The largest absolute Gasteiger partial charge is 0.450 e. The minimum Gasteiger partial charge on any atom is -0.450 e. The fourth-order valence-corrected chi connectivity index (χ4v) is 3.65. The van der Waals surface area contributed by atoms with Gasteiger partial charge in [0.25, 0.3) is 20.2 Å². The number of pyridine rings is 1. The zero-order valence-electron chi connectivity index (χ0n) is 16.9. The molecule has 0 aliphatic heterocycles. The molecule has 0 spiro atoms. The van der Waals surface area contributed by atoms with Crippen LogP contribution < -0.4 is 16.4 Å². The van der Waals surface area contributed by atoms with Gasteiger partial charge in [-0.05, 0) is 36.8 Å². The Morgan fingerprint density at radius 2 is 1.62 bits per heavy atom. The second-order valence-electron chi connectivity index (χ2n) is 6.03. The number of halogens is 1. The van der Waals surface area contributed by atoms with Crippen molar-refractivity contribution in [3.05, 3.63) is 47.8 Å². The summed E-state index contributed by atoms with van der Waals surface area (Å²) in [5.41, 5.74) is 7.08. The lowest BCUT2D eigenvalue weighted by Gasteiger charge is -2.10. The number of nitrogen functional groups attached to an aromatic ring is 1. The zero-order valence-corrected chi connectivity index (χ0v) is 18.5. The third kappa shape index (κ3) is 12.0. The Kier molecular flexibility index (Phi) is 10.2. The minimum absolute atomic E-state index is 0.178. The Balaban J connectivity index is 0.000000433. The van der Waals surface area contributed by atoms with E-state index in [4.69, 9.17) is 19.6 Å². The summed E-state index contributed by atoms with van der Waals surface area (Å²) in [6, 6.07) is 9.47. The number of nitrogens with zero attached hydrogens (tertiary/aromatic N) is 1. The normalized spacial score (nSPS) is 11.1. The number of nitrogens with one attached hydrogen (secondary N) is 2. The highest BCUT2D eigenvalue weighted by molar-refractivity contribution is 7.89. The topological polar surface area (TPSA) is 198 Å². The quantitative estimate of drug-likeness (QED) is 0.335. The molecule has 1 heterocycles. The van der Waals surface area contributed by atoms with E-state index in [1.807, 2.05) is 0 Å². The van der Waals surface area contributed by atoms with Crippen LogP contribution in [0.4, 0.5) is 26.5 Å². The smallest absolute Gasteiger partial charge is 0.411 e. The lowest BCUT2D eigenvalue weighted by Crippen LogP contribution is -2.15. The van der Waals surface area contributed by atoms with E-state index >= 15 is 0 Å². The monoisotopic (exact) mass is 494 g/mol. The number of amides is 1. The number of nitrogens with two attached hydrogens (primary N) is 1. The predicted molar refractivity (Wildman–Crippen MR) is 116 cm³/mol. The molecule has 0 unspecified atom stereocenters. The molecule has 0 radical (unpaired) electrons. The van der Waals surface area contributed by atoms with Crippen molar-refractivity contribution in [2.45, 2.75) is 13.5 Å². The third-order valence-electron chi connectivity index (χ3n) is 3.42. The number of carbonyl (C=O) groups is 1. The summed E-state index contributed by atoms with van der Waals surface area (Å²) < 4.78 is 73.0. The van der Waals surface area contributed by atoms with E-state index in [1.165, 1.54) is 12.1 Å². The molecule has 0 saturated heterocycles. The fraction of sp³-hybridized carbons (Fsp3) is 0.294. The molecule has 0 aliphatic rings. The standard InChI is InChI=1S/C15H17FN4O2.C2H6O6S2/c1-2-22-15(21)19-12-7-8-13(20-14(12)17)18-9-10-3-5-11(16)6-4-10;3-9(4,5)1-2-10(6,7)8/h3-8H,2,9H2,1H3,(H,19,21)(H3,17,18,20);1-2H2,(H,3,4,5)(H,6,7,8). The molecule has 32 heavy (non-hydrogen) atoms. The van der Waals surface area contributed by atoms with Crippen LogP contribution in [0.5, 0.6) is 0 Å². The maximum atomic E-state index is 12.8. The lowest BCUT2D eigenvalue weighted by atomic mass is 10.2. The molecule has 12 nitrogen and oxygen atoms in total. The van der Waals surface area contributed by atoms with Gasteiger partial charge in [-0.3, -0.25) is 14.4 Å². The van der Waals surface area contributed by atoms with E-state index in [0.29, 0.717) is 18.1 Å². The molecule has 2 aromatic rings. The first-order valence-electron chi connectivity index (χ1n) is 8.88. The summed E-state index contributed by atoms with van der Waals surface area (Å²) in [7, 11) is -8.59. The van der Waals surface area contributed by atoms with E-state index in [9.17, 15) is 26.0 Å². The van der Waals surface area contributed by atoms with Crippen LogP contribution in [0.15, 0.2) is 36.4 Å². The van der Waals surface area contributed by atoms with Crippen molar-refractivity contribution >= 4 is 43.7 Å². The van der Waals surface area contributed by atoms with E-state index < -0.39 is 37.8 Å².